The Morgan fingerprint density at radius 3 is 2.83 bits per heavy atom. The van der Waals surface area contributed by atoms with Gasteiger partial charge in [-0.1, -0.05) is 34.5 Å². The van der Waals surface area contributed by atoms with Crippen molar-refractivity contribution in [1.82, 2.24) is 5.43 Å². The molecule has 1 atom stereocenters. The number of benzene rings is 2. The quantitative estimate of drug-likeness (QED) is 0.300. The summed E-state index contributed by atoms with van der Waals surface area (Å²) in [5, 5.41) is 5.24. The fourth-order valence-corrected chi connectivity index (χ4v) is 3.31. The Hall–Kier alpha value is -2.51. The van der Waals surface area contributed by atoms with Gasteiger partial charge in [0.25, 0.3) is 0 Å². The molecule has 30 heavy (non-hydrogen) atoms. The predicted octanol–water partition coefficient (Wildman–Crippen LogP) is 6.19. The summed E-state index contributed by atoms with van der Waals surface area (Å²) in [6.45, 7) is 6.34. The normalized spacial score (nSPS) is 12.3. The van der Waals surface area contributed by atoms with Gasteiger partial charge in [0.2, 0.25) is 0 Å². The van der Waals surface area contributed by atoms with Crippen molar-refractivity contribution in [2.75, 3.05) is 6.61 Å². The van der Waals surface area contributed by atoms with E-state index in [1.807, 2.05) is 32.9 Å². The zero-order valence-electron chi connectivity index (χ0n) is 16.9. The lowest BCUT2D eigenvalue weighted by Gasteiger charge is -2.18. The monoisotopic (exact) mass is 492 g/mol. The second-order valence-electron chi connectivity index (χ2n) is 6.59. The molecule has 0 aliphatic carbocycles. The first-order chi connectivity index (χ1) is 14.4. The molecule has 6 nitrogen and oxygen atoms in total. The molecule has 0 saturated carbocycles. The van der Waals surface area contributed by atoms with Gasteiger partial charge in [-0.05, 0) is 62.2 Å². The van der Waals surface area contributed by atoms with Crippen molar-refractivity contribution >= 4 is 50.6 Å². The Morgan fingerprint density at radius 2 is 2.10 bits per heavy atom. The number of carbonyl (C=O) groups is 1. The summed E-state index contributed by atoms with van der Waals surface area (Å²) >= 11 is 9.79. The molecule has 3 aromatic rings. The molecule has 0 unspecified atom stereocenters. The van der Waals surface area contributed by atoms with E-state index in [2.05, 4.69) is 26.5 Å². The Labute approximate surface area is 188 Å². The van der Waals surface area contributed by atoms with Crippen LogP contribution < -0.4 is 14.9 Å². The Morgan fingerprint density at radius 1 is 1.30 bits per heavy atom. The van der Waals surface area contributed by atoms with Crippen LogP contribution in [0.1, 0.15) is 43.3 Å². The minimum absolute atomic E-state index is 0.00458. The molecule has 2 aromatic carbocycles. The van der Waals surface area contributed by atoms with Gasteiger partial charge in [-0.3, -0.25) is 4.79 Å². The van der Waals surface area contributed by atoms with E-state index < -0.39 is 5.91 Å². The highest BCUT2D eigenvalue weighted by Gasteiger charge is 2.15. The van der Waals surface area contributed by atoms with Crippen LogP contribution in [0.4, 0.5) is 0 Å². The zero-order chi connectivity index (χ0) is 21.7. The minimum Gasteiger partial charge on any atom is -0.490 e. The third-order valence-electron chi connectivity index (χ3n) is 4.31. The van der Waals surface area contributed by atoms with Gasteiger partial charge in [-0.15, -0.1) is 0 Å². The number of amides is 1. The van der Waals surface area contributed by atoms with Crippen LogP contribution in [0.25, 0.3) is 11.0 Å². The molecule has 158 valence electrons. The maximum absolute atomic E-state index is 12.3. The van der Waals surface area contributed by atoms with Crippen molar-refractivity contribution in [1.29, 1.82) is 0 Å². The average molecular weight is 494 g/mol. The first kappa shape index (κ1) is 22.2. The lowest BCUT2D eigenvalue weighted by atomic mass is 10.2. The molecular formula is C22H22BrClN2O4. The molecule has 0 radical (unpaired) electrons. The Kier molecular flexibility index (Phi) is 7.39. The molecule has 0 aliphatic heterocycles. The zero-order valence-corrected chi connectivity index (χ0v) is 19.2. The summed E-state index contributed by atoms with van der Waals surface area (Å²) in [6.07, 6.45) is 2.33. The number of fused-ring (bicyclic) bond motifs is 1. The summed E-state index contributed by atoms with van der Waals surface area (Å²) in [7, 11) is 0. The fourth-order valence-electron chi connectivity index (χ4n) is 2.67. The molecule has 1 heterocycles. The van der Waals surface area contributed by atoms with Crippen LogP contribution in [0, 0.1) is 0 Å². The minimum atomic E-state index is -0.452. The van der Waals surface area contributed by atoms with Gasteiger partial charge in [-0.25, -0.2) is 5.43 Å². The highest BCUT2D eigenvalue weighted by atomic mass is 79.9. The summed E-state index contributed by atoms with van der Waals surface area (Å²) in [4.78, 5) is 12.3. The number of halogens is 2. The molecule has 3 rings (SSSR count). The van der Waals surface area contributed by atoms with E-state index in [1.165, 1.54) is 6.21 Å². The Balaban J connectivity index is 1.75. The third kappa shape index (κ3) is 5.34. The van der Waals surface area contributed by atoms with Crippen molar-refractivity contribution in [3.05, 3.63) is 57.2 Å². The van der Waals surface area contributed by atoms with E-state index in [9.17, 15) is 4.79 Å². The number of hydrogen-bond acceptors (Lipinski definition) is 5. The first-order valence-electron chi connectivity index (χ1n) is 9.56. The van der Waals surface area contributed by atoms with Gasteiger partial charge in [0.1, 0.15) is 5.58 Å². The molecule has 0 fully saturated rings. The van der Waals surface area contributed by atoms with Gasteiger partial charge in [0.15, 0.2) is 17.3 Å². The van der Waals surface area contributed by atoms with E-state index in [0.717, 1.165) is 16.3 Å². The van der Waals surface area contributed by atoms with E-state index in [-0.39, 0.29) is 11.9 Å². The molecule has 1 N–H and O–H groups in total. The van der Waals surface area contributed by atoms with E-state index >= 15 is 0 Å². The van der Waals surface area contributed by atoms with Gasteiger partial charge in [0, 0.05) is 9.86 Å². The van der Waals surface area contributed by atoms with Gasteiger partial charge >= 0.3 is 5.91 Å². The molecule has 0 bridgehead atoms. The van der Waals surface area contributed by atoms with Crippen LogP contribution in [0.15, 0.2) is 50.4 Å². The molecule has 0 saturated heterocycles. The smallest absolute Gasteiger partial charge is 0.307 e. The van der Waals surface area contributed by atoms with Crippen molar-refractivity contribution in [3.63, 3.8) is 0 Å². The molecule has 1 amide bonds. The standard InChI is InChI=1S/C22H22BrClN2O4/c1-4-13(3)29-21-17(24)8-14(9-19(21)28-5-2)12-25-26-22(27)20-11-15-10-16(23)6-7-18(15)30-20/h6-13H,4-5H2,1-3H3,(H,26,27)/b25-12+/t13-/m1/s1. The summed E-state index contributed by atoms with van der Waals surface area (Å²) < 4.78 is 18.0. The van der Waals surface area contributed by atoms with Crippen LogP contribution in [-0.4, -0.2) is 24.8 Å². The van der Waals surface area contributed by atoms with Crippen LogP contribution in [0.3, 0.4) is 0 Å². The summed E-state index contributed by atoms with van der Waals surface area (Å²) in [6, 6.07) is 10.6. The van der Waals surface area contributed by atoms with Gasteiger partial charge < -0.3 is 13.9 Å². The molecule has 8 heteroatoms. The van der Waals surface area contributed by atoms with Crippen LogP contribution in [0.2, 0.25) is 5.02 Å². The number of hydrogen-bond donors (Lipinski definition) is 1. The van der Waals surface area contributed by atoms with Crippen molar-refractivity contribution in [3.8, 4) is 11.5 Å². The number of carbonyl (C=O) groups excluding carboxylic acids is 1. The van der Waals surface area contributed by atoms with Crippen molar-refractivity contribution in [2.24, 2.45) is 5.10 Å². The van der Waals surface area contributed by atoms with Gasteiger partial charge in [0.05, 0.1) is 23.9 Å². The van der Waals surface area contributed by atoms with Crippen LogP contribution >= 0.6 is 27.5 Å². The number of rotatable bonds is 8. The fraction of sp³-hybridized carbons (Fsp3) is 0.273. The largest absolute Gasteiger partial charge is 0.490 e. The van der Waals surface area contributed by atoms with Crippen molar-refractivity contribution < 1.29 is 18.7 Å². The maximum atomic E-state index is 12.3. The second kappa shape index (κ2) is 10.00. The van der Waals surface area contributed by atoms with Gasteiger partial charge in [-0.2, -0.15) is 5.10 Å². The van der Waals surface area contributed by atoms with Crippen LogP contribution in [-0.2, 0) is 0 Å². The Bertz CT molecular complexity index is 1080. The second-order valence-corrected chi connectivity index (χ2v) is 7.91. The average Bonchev–Trinajstić information content (AvgIpc) is 3.13. The number of hydrazone groups is 1. The molecule has 0 spiro atoms. The number of furan rings is 1. The highest BCUT2D eigenvalue weighted by Crippen LogP contribution is 2.37. The summed E-state index contributed by atoms with van der Waals surface area (Å²) in [5.74, 6) is 0.750. The lowest BCUT2D eigenvalue weighted by Crippen LogP contribution is -2.16. The molecule has 1 aromatic heterocycles. The maximum Gasteiger partial charge on any atom is 0.307 e. The number of nitrogens with zero attached hydrogens (tertiary/aromatic N) is 1. The topological polar surface area (TPSA) is 73.1 Å². The lowest BCUT2D eigenvalue weighted by molar-refractivity contribution is 0.0929. The number of nitrogens with one attached hydrogen (secondary N) is 1. The molecule has 0 aliphatic rings. The van der Waals surface area contributed by atoms with E-state index in [0.29, 0.717) is 34.3 Å². The van der Waals surface area contributed by atoms with E-state index in [4.69, 9.17) is 25.5 Å². The highest BCUT2D eigenvalue weighted by molar-refractivity contribution is 9.10. The third-order valence-corrected chi connectivity index (χ3v) is 5.08. The number of ether oxygens (including phenoxy) is 2. The molecular weight excluding hydrogens is 472 g/mol. The predicted molar refractivity (Wildman–Crippen MR) is 122 cm³/mol. The van der Waals surface area contributed by atoms with E-state index in [1.54, 1.807) is 24.3 Å². The SMILES string of the molecule is CCOc1cc(/C=N/NC(=O)c2cc3cc(Br)ccc3o2)cc(Cl)c1O[C@H](C)CC. The first-order valence-corrected chi connectivity index (χ1v) is 10.7. The van der Waals surface area contributed by atoms with Crippen molar-refractivity contribution in [2.45, 2.75) is 33.3 Å². The van der Waals surface area contributed by atoms with Crippen LogP contribution in [0.5, 0.6) is 11.5 Å². The summed E-state index contributed by atoms with van der Waals surface area (Å²) in [5.41, 5.74) is 3.74.